The number of anilines is 1. The van der Waals surface area contributed by atoms with Crippen LogP contribution in [-0.2, 0) is 7.05 Å². The number of aryl methyl sites for hydroxylation is 2. The topological polar surface area (TPSA) is 124 Å². The zero-order valence-corrected chi connectivity index (χ0v) is 18.5. The van der Waals surface area contributed by atoms with E-state index >= 15 is 0 Å². The summed E-state index contributed by atoms with van der Waals surface area (Å²) < 4.78 is 1.65. The standard InChI is InChI=1S/C22H21ClN8O/c1-12-10-14(11-17(23)26-12)18-19(16-7-9-31(3)30-16)29-21(24)20(28-18)22(32)27-13(2)15-6-4-5-8-25-15/h4-11,13H,1-3H3,(H2,24,29)(H,27,32)/t13-/m0/s1. The molecular formula is C22H21ClN8O. The van der Waals surface area contributed by atoms with Crippen LogP contribution in [-0.4, -0.2) is 35.6 Å². The molecule has 1 atom stereocenters. The molecule has 0 saturated heterocycles. The fourth-order valence-electron chi connectivity index (χ4n) is 3.27. The predicted molar refractivity (Wildman–Crippen MR) is 122 cm³/mol. The van der Waals surface area contributed by atoms with Crippen LogP contribution in [0.15, 0.2) is 48.8 Å². The first kappa shape index (κ1) is 21.4. The molecule has 4 aromatic heterocycles. The van der Waals surface area contributed by atoms with Crippen LogP contribution in [0.25, 0.3) is 22.6 Å². The molecule has 162 valence electrons. The third-order valence-corrected chi connectivity index (χ3v) is 4.96. The number of nitrogen functional groups attached to an aromatic ring is 1. The number of rotatable bonds is 5. The van der Waals surface area contributed by atoms with Gasteiger partial charge in [0.15, 0.2) is 11.5 Å². The average molecular weight is 449 g/mol. The highest BCUT2D eigenvalue weighted by Gasteiger charge is 2.23. The van der Waals surface area contributed by atoms with Crippen molar-refractivity contribution in [1.29, 1.82) is 0 Å². The maximum atomic E-state index is 13.0. The van der Waals surface area contributed by atoms with Crippen molar-refractivity contribution in [2.45, 2.75) is 19.9 Å². The number of aromatic nitrogens is 6. The van der Waals surface area contributed by atoms with Crippen LogP contribution >= 0.6 is 11.6 Å². The molecule has 0 aliphatic rings. The summed E-state index contributed by atoms with van der Waals surface area (Å²) in [6.07, 6.45) is 3.46. The van der Waals surface area contributed by atoms with Gasteiger partial charge in [-0.25, -0.2) is 15.0 Å². The minimum Gasteiger partial charge on any atom is -0.382 e. The van der Waals surface area contributed by atoms with Gasteiger partial charge in [0.05, 0.1) is 17.4 Å². The summed E-state index contributed by atoms with van der Waals surface area (Å²) in [5, 5.41) is 7.60. The molecule has 9 nitrogen and oxygen atoms in total. The van der Waals surface area contributed by atoms with E-state index in [-0.39, 0.29) is 17.6 Å². The van der Waals surface area contributed by atoms with Crippen LogP contribution in [0, 0.1) is 6.92 Å². The lowest BCUT2D eigenvalue weighted by Crippen LogP contribution is -2.29. The molecule has 32 heavy (non-hydrogen) atoms. The molecule has 4 rings (SSSR count). The van der Waals surface area contributed by atoms with Gasteiger partial charge in [-0.1, -0.05) is 17.7 Å². The quantitative estimate of drug-likeness (QED) is 0.448. The van der Waals surface area contributed by atoms with E-state index < -0.39 is 5.91 Å². The lowest BCUT2D eigenvalue weighted by Gasteiger charge is -2.15. The molecular weight excluding hydrogens is 428 g/mol. The Bertz CT molecular complexity index is 1270. The van der Waals surface area contributed by atoms with Crippen LogP contribution < -0.4 is 11.1 Å². The maximum absolute atomic E-state index is 13.0. The van der Waals surface area contributed by atoms with Gasteiger partial charge in [-0.15, -0.1) is 0 Å². The van der Waals surface area contributed by atoms with Gasteiger partial charge in [0.1, 0.15) is 16.5 Å². The van der Waals surface area contributed by atoms with Gasteiger partial charge in [-0.2, -0.15) is 5.10 Å². The number of nitrogens with one attached hydrogen (secondary N) is 1. The molecule has 0 radical (unpaired) electrons. The molecule has 0 aliphatic carbocycles. The summed E-state index contributed by atoms with van der Waals surface area (Å²) in [7, 11) is 1.80. The van der Waals surface area contributed by atoms with Gasteiger partial charge in [-0.05, 0) is 44.2 Å². The Morgan fingerprint density at radius 2 is 1.97 bits per heavy atom. The van der Waals surface area contributed by atoms with Crippen LogP contribution in [0.5, 0.6) is 0 Å². The number of amides is 1. The van der Waals surface area contributed by atoms with Gasteiger partial charge in [0.25, 0.3) is 5.91 Å². The third kappa shape index (κ3) is 4.42. The minimum absolute atomic E-state index is 0.00278. The maximum Gasteiger partial charge on any atom is 0.274 e. The Morgan fingerprint density at radius 3 is 2.62 bits per heavy atom. The van der Waals surface area contributed by atoms with E-state index in [4.69, 9.17) is 17.3 Å². The predicted octanol–water partition coefficient (Wildman–Crippen LogP) is 3.37. The van der Waals surface area contributed by atoms with Gasteiger partial charge in [0.2, 0.25) is 0 Å². The molecule has 3 N–H and O–H groups in total. The van der Waals surface area contributed by atoms with Crippen LogP contribution in [0.2, 0.25) is 5.15 Å². The Kier molecular flexibility index (Phi) is 5.83. The number of halogens is 1. The van der Waals surface area contributed by atoms with Crippen molar-refractivity contribution in [3.8, 4) is 22.6 Å². The largest absolute Gasteiger partial charge is 0.382 e. The highest BCUT2D eigenvalue weighted by atomic mass is 35.5. The van der Waals surface area contributed by atoms with E-state index in [1.54, 1.807) is 36.3 Å². The van der Waals surface area contributed by atoms with Gasteiger partial charge in [-0.3, -0.25) is 14.5 Å². The molecule has 4 aromatic rings. The molecule has 1 amide bonds. The van der Waals surface area contributed by atoms with E-state index in [0.717, 1.165) is 0 Å². The highest BCUT2D eigenvalue weighted by Crippen LogP contribution is 2.31. The highest BCUT2D eigenvalue weighted by molar-refractivity contribution is 6.29. The summed E-state index contributed by atoms with van der Waals surface area (Å²) in [6, 6.07) is 10.4. The van der Waals surface area contributed by atoms with Crippen molar-refractivity contribution in [2.24, 2.45) is 7.05 Å². The first-order valence-electron chi connectivity index (χ1n) is 9.85. The number of nitrogens with two attached hydrogens (primary N) is 1. The summed E-state index contributed by atoms with van der Waals surface area (Å²) in [6.45, 7) is 3.65. The van der Waals surface area contributed by atoms with Crippen molar-refractivity contribution in [1.82, 2.24) is 35.0 Å². The number of hydrogen-bond donors (Lipinski definition) is 2. The van der Waals surface area contributed by atoms with Crippen LogP contribution in [0.4, 0.5) is 5.82 Å². The van der Waals surface area contributed by atoms with E-state index in [2.05, 4.69) is 30.4 Å². The van der Waals surface area contributed by atoms with Crippen molar-refractivity contribution in [3.05, 3.63) is 71.0 Å². The lowest BCUT2D eigenvalue weighted by molar-refractivity contribution is 0.0935. The summed E-state index contributed by atoms with van der Waals surface area (Å²) >= 11 is 6.18. The SMILES string of the molecule is Cc1cc(-c2nc(C(=O)N[C@@H](C)c3ccccn3)c(N)nc2-c2ccn(C)n2)cc(Cl)n1. The normalized spacial score (nSPS) is 11.9. The van der Waals surface area contributed by atoms with Crippen molar-refractivity contribution < 1.29 is 4.79 Å². The zero-order valence-electron chi connectivity index (χ0n) is 17.7. The molecule has 0 aromatic carbocycles. The monoisotopic (exact) mass is 448 g/mol. The molecule has 10 heteroatoms. The van der Waals surface area contributed by atoms with Gasteiger partial charge in [0, 0.05) is 30.7 Å². The fraction of sp³-hybridized carbons (Fsp3) is 0.182. The first-order valence-corrected chi connectivity index (χ1v) is 10.2. The molecule has 4 heterocycles. The van der Waals surface area contributed by atoms with E-state index in [0.29, 0.717) is 39.2 Å². The van der Waals surface area contributed by atoms with E-state index in [9.17, 15) is 4.79 Å². The number of pyridine rings is 2. The number of nitrogens with zero attached hydrogens (tertiary/aromatic N) is 6. The third-order valence-electron chi connectivity index (χ3n) is 4.77. The van der Waals surface area contributed by atoms with Crippen LogP contribution in [0.3, 0.4) is 0 Å². The average Bonchev–Trinajstić information content (AvgIpc) is 3.19. The fourth-order valence-corrected chi connectivity index (χ4v) is 3.52. The smallest absolute Gasteiger partial charge is 0.274 e. The molecule has 0 saturated carbocycles. The second-order valence-electron chi connectivity index (χ2n) is 7.30. The number of carbonyl (C=O) groups is 1. The van der Waals surface area contributed by atoms with Crippen molar-refractivity contribution in [3.63, 3.8) is 0 Å². The second kappa shape index (κ2) is 8.72. The van der Waals surface area contributed by atoms with Crippen molar-refractivity contribution in [2.75, 3.05) is 5.73 Å². The summed E-state index contributed by atoms with van der Waals surface area (Å²) in [4.78, 5) is 30.6. The zero-order chi connectivity index (χ0) is 22.8. The minimum atomic E-state index is -0.459. The molecule has 0 aliphatic heterocycles. The van der Waals surface area contributed by atoms with E-state index in [1.165, 1.54) is 0 Å². The molecule has 0 spiro atoms. The number of hydrogen-bond acceptors (Lipinski definition) is 7. The van der Waals surface area contributed by atoms with Gasteiger partial charge < -0.3 is 11.1 Å². The molecule has 0 unspecified atom stereocenters. The Labute approximate surface area is 189 Å². The summed E-state index contributed by atoms with van der Waals surface area (Å²) in [5.74, 6) is -0.462. The van der Waals surface area contributed by atoms with E-state index in [1.807, 2.05) is 38.1 Å². The Hall–Kier alpha value is -3.85. The molecule has 0 bridgehead atoms. The molecule has 0 fully saturated rings. The Morgan fingerprint density at radius 1 is 1.16 bits per heavy atom. The summed E-state index contributed by atoms with van der Waals surface area (Å²) in [5.41, 5.74) is 9.69. The Balaban J connectivity index is 1.80. The van der Waals surface area contributed by atoms with Crippen molar-refractivity contribution >= 4 is 23.3 Å². The first-order chi connectivity index (χ1) is 15.3. The van der Waals surface area contributed by atoms with Gasteiger partial charge >= 0.3 is 0 Å². The lowest BCUT2D eigenvalue weighted by atomic mass is 10.1. The number of carbonyl (C=O) groups excluding carboxylic acids is 1. The van der Waals surface area contributed by atoms with Crippen LogP contribution in [0.1, 0.15) is 34.8 Å². The second-order valence-corrected chi connectivity index (χ2v) is 7.69.